The molecular formula is C8H14N4O. The van der Waals surface area contributed by atoms with Gasteiger partial charge >= 0.3 is 0 Å². The van der Waals surface area contributed by atoms with Gasteiger partial charge in [-0.25, -0.2) is 4.98 Å². The van der Waals surface area contributed by atoms with Gasteiger partial charge in [0.05, 0.1) is 18.8 Å². The van der Waals surface area contributed by atoms with Crippen molar-refractivity contribution >= 4 is 0 Å². The summed E-state index contributed by atoms with van der Waals surface area (Å²) in [6.45, 7) is 5.48. The zero-order chi connectivity index (χ0) is 9.15. The maximum Gasteiger partial charge on any atom is 0.137 e. The smallest absolute Gasteiger partial charge is 0.137 e. The van der Waals surface area contributed by atoms with Crippen LogP contribution in [0.25, 0.3) is 0 Å². The first-order valence-corrected chi connectivity index (χ1v) is 4.46. The van der Waals surface area contributed by atoms with Gasteiger partial charge in [0.1, 0.15) is 12.7 Å². The Labute approximate surface area is 77.1 Å². The fourth-order valence-corrected chi connectivity index (χ4v) is 1.31. The van der Waals surface area contributed by atoms with Gasteiger partial charge in [0.2, 0.25) is 0 Å². The zero-order valence-electron chi connectivity index (χ0n) is 7.73. The van der Waals surface area contributed by atoms with E-state index in [9.17, 15) is 0 Å². The van der Waals surface area contributed by atoms with Crippen LogP contribution in [0.4, 0.5) is 0 Å². The highest BCUT2D eigenvalue weighted by molar-refractivity contribution is 4.89. The molecular weight excluding hydrogens is 168 g/mol. The summed E-state index contributed by atoms with van der Waals surface area (Å²) in [4.78, 5) is 3.86. The predicted octanol–water partition coefficient (Wildman–Crippen LogP) is -0.343. The molecule has 5 heteroatoms. The maximum absolute atomic E-state index is 5.69. The Hall–Kier alpha value is -0.940. The number of ether oxygens (including phenoxy) is 1. The van der Waals surface area contributed by atoms with Crippen LogP contribution in [0, 0.1) is 0 Å². The monoisotopic (exact) mass is 182 g/mol. The molecule has 0 saturated carbocycles. The zero-order valence-corrected chi connectivity index (χ0v) is 7.73. The predicted molar refractivity (Wildman–Crippen MR) is 47.2 cm³/mol. The van der Waals surface area contributed by atoms with E-state index in [2.05, 4.69) is 22.3 Å². The second-order valence-corrected chi connectivity index (χ2v) is 3.56. The van der Waals surface area contributed by atoms with E-state index < -0.39 is 0 Å². The summed E-state index contributed by atoms with van der Waals surface area (Å²) < 4.78 is 7.46. The Morgan fingerprint density at radius 1 is 1.62 bits per heavy atom. The number of hydrogen-bond donors (Lipinski definition) is 1. The molecule has 0 aromatic carbocycles. The molecule has 0 radical (unpaired) electrons. The Bertz CT molecular complexity index is 255. The molecule has 1 aromatic heterocycles. The molecule has 1 fully saturated rings. The van der Waals surface area contributed by atoms with Crippen LogP contribution in [0.2, 0.25) is 0 Å². The van der Waals surface area contributed by atoms with Gasteiger partial charge in [-0.3, -0.25) is 4.68 Å². The first-order valence-electron chi connectivity index (χ1n) is 4.46. The molecule has 1 aromatic rings. The van der Waals surface area contributed by atoms with Crippen LogP contribution < -0.4 is 5.32 Å². The molecule has 0 aliphatic carbocycles. The fraction of sp³-hybridized carbons (Fsp3) is 0.750. The molecule has 0 unspecified atom stereocenters. The Balaban J connectivity index is 1.69. The third-order valence-corrected chi connectivity index (χ3v) is 2.24. The van der Waals surface area contributed by atoms with Crippen molar-refractivity contribution in [2.75, 3.05) is 19.7 Å². The highest BCUT2D eigenvalue weighted by Crippen LogP contribution is 2.14. The van der Waals surface area contributed by atoms with E-state index in [4.69, 9.17) is 4.74 Å². The highest BCUT2D eigenvalue weighted by atomic mass is 16.5. The summed E-state index contributed by atoms with van der Waals surface area (Å²) in [5.41, 5.74) is 0.0422. The fourth-order valence-electron chi connectivity index (χ4n) is 1.31. The number of hydrogen-bond acceptors (Lipinski definition) is 4. The summed E-state index contributed by atoms with van der Waals surface area (Å²) in [7, 11) is 0. The largest absolute Gasteiger partial charge is 0.371 e. The average Bonchev–Trinajstić information content (AvgIpc) is 2.54. The molecule has 0 bridgehead atoms. The van der Waals surface area contributed by atoms with Crippen molar-refractivity contribution < 1.29 is 4.74 Å². The Morgan fingerprint density at radius 3 is 3.00 bits per heavy atom. The van der Waals surface area contributed by atoms with Crippen LogP contribution in [0.1, 0.15) is 6.92 Å². The second-order valence-electron chi connectivity index (χ2n) is 3.56. The molecule has 0 spiro atoms. The summed E-state index contributed by atoms with van der Waals surface area (Å²) in [5.74, 6) is 0. The second kappa shape index (κ2) is 3.43. The summed E-state index contributed by atoms with van der Waals surface area (Å²) in [6, 6.07) is 0. The van der Waals surface area contributed by atoms with Gasteiger partial charge in [-0.1, -0.05) is 0 Å². The normalized spacial score (nSPS) is 19.8. The van der Waals surface area contributed by atoms with Crippen LogP contribution in [-0.2, 0) is 11.3 Å². The van der Waals surface area contributed by atoms with E-state index in [1.165, 1.54) is 6.33 Å². The number of rotatable bonds is 4. The Morgan fingerprint density at radius 2 is 2.46 bits per heavy atom. The maximum atomic E-state index is 5.69. The molecule has 1 aliphatic heterocycles. The molecule has 5 nitrogen and oxygen atoms in total. The van der Waals surface area contributed by atoms with Gasteiger partial charge in [-0.15, -0.1) is 0 Å². The SMILES string of the molecule is CC1(OCCn2cncn2)CNC1. The van der Waals surface area contributed by atoms with E-state index in [1.807, 2.05) is 0 Å². The van der Waals surface area contributed by atoms with Gasteiger partial charge in [-0.2, -0.15) is 5.10 Å². The van der Waals surface area contributed by atoms with Gasteiger partial charge in [0.25, 0.3) is 0 Å². The topological polar surface area (TPSA) is 52.0 Å². The molecule has 0 atom stereocenters. The van der Waals surface area contributed by atoms with Crippen molar-refractivity contribution in [1.29, 1.82) is 0 Å². The minimum Gasteiger partial charge on any atom is -0.371 e. The van der Waals surface area contributed by atoms with Crippen LogP contribution >= 0.6 is 0 Å². The first kappa shape index (κ1) is 8.65. The molecule has 72 valence electrons. The number of nitrogens with zero attached hydrogens (tertiary/aromatic N) is 3. The molecule has 1 saturated heterocycles. The van der Waals surface area contributed by atoms with Crippen LogP contribution in [0.5, 0.6) is 0 Å². The molecule has 1 aliphatic rings. The van der Waals surface area contributed by atoms with Crippen molar-refractivity contribution in [3.05, 3.63) is 12.7 Å². The van der Waals surface area contributed by atoms with Crippen LogP contribution in [0.3, 0.4) is 0 Å². The minimum atomic E-state index is 0.0422. The lowest BCUT2D eigenvalue weighted by atomic mass is 10.0. The van der Waals surface area contributed by atoms with Gasteiger partial charge in [0.15, 0.2) is 0 Å². The van der Waals surface area contributed by atoms with Crippen molar-refractivity contribution in [3.63, 3.8) is 0 Å². The van der Waals surface area contributed by atoms with E-state index in [-0.39, 0.29) is 5.60 Å². The van der Waals surface area contributed by atoms with Gasteiger partial charge in [0, 0.05) is 13.1 Å². The summed E-state index contributed by atoms with van der Waals surface area (Å²) >= 11 is 0. The van der Waals surface area contributed by atoms with Crippen molar-refractivity contribution in [2.45, 2.75) is 19.1 Å². The van der Waals surface area contributed by atoms with E-state index in [0.29, 0.717) is 6.61 Å². The molecule has 2 rings (SSSR count). The van der Waals surface area contributed by atoms with Gasteiger partial charge in [-0.05, 0) is 6.92 Å². The lowest BCUT2D eigenvalue weighted by Crippen LogP contribution is -2.59. The van der Waals surface area contributed by atoms with Crippen LogP contribution in [0.15, 0.2) is 12.7 Å². The lowest BCUT2D eigenvalue weighted by molar-refractivity contribution is -0.0698. The Kier molecular flexibility index (Phi) is 2.28. The first-order chi connectivity index (χ1) is 6.29. The van der Waals surface area contributed by atoms with Crippen molar-refractivity contribution in [2.24, 2.45) is 0 Å². The van der Waals surface area contributed by atoms with Crippen molar-refractivity contribution in [3.8, 4) is 0 Å². The number of nitrogens with one attached hydrogen (secondary N) is 1. The van der Waals surface area contributed by atoms with E-state index in [0.717, 1.165) is 19.6 Å². The molecule has 13 heavy (non-hydrogen) atoms. The molecule has 2 heterocycles. The van der Waals surface area contributed by atoms with E-state index in [1.54, 1.807) is 11.0 Å². The van der Waals surface area contributed by atoms with Gasteiger partial charge < -0.3 is 10.1 Å². The van der Waals surface area contributed by atoms with E-state index >= 15 is 0 Å². The third kappa shape index (κ3) is 2.05. The quantitative estimate of drug-likeness (QED) is 0.692. The molecule has 1 N–H and O–H groups in total. The van der Waals surface area contributed by atoms with Crippen LogP contribution in [-0.4, -0.2) is 40.1 Å². The minimum absolute atomic E-state index is 0.0422. The number of aromatic nitrogens is 3. The molecule has 0 amide bonds. The summed E-state index contributed by atoms with van der Waals surface area (Å²) in [5, 5.41) is 7.18. The highest BCUT2D eigenvalue weighted by Gasteiger charge is 2.32. The third-order valence-electron chi connectivity index (χ3n) is 2.24. The standard InChI is InChI=1S/C8H14N4O/c1-8(4-9-5-8)13-3-2-12-7-10-6-11-12/h6-7,9H,2-5H2,1H3. The van der Waals surface area contributed by atoms with Crippen molar-refractivity contribution in [1.82, 2.24) is 20.1 Å². The average molecular weight is 182 g/mol. The summed E-state index contributed by atoms with van der Waals surface area (Å²) in [6.07, 6.45) is 3.23. The lowest BCUT2D eigenvalue weighted by Gasteiger charge is -2.39.